The van der Waals surface area contributed by atoms with Gasteiger partial charge in [-0.25, -0.2) is 22.0 Å². The van der Waals surface area contributed by atoms with Gasteiger partial charge < -0.3 is 5.11 Å². The molecule has 0 unspecified atom stereocenters. The van der Waals surface area contributed by atoms with Crippen molar-refractivity contribution in [1.82, 2.24) is 0 Å². The molecule has 88 valence electrons. The van der Waals surface area contributed by atoms with Gasteiger partial charge in [-0.05, 0) is 17.7 Å². The third kappa shape index (κ3) is 3.14. The monoisotopic (exact) mass is 270 g/mol. The smallest absolute Gasteiger partial charge is 0.341 e. The second-order valence-corrected chi connectivity index (χ2v) is 5.70. The van der Waals surface area contributed by atoms with Crippen molar-refractivity contribution in [2.45, 2.75) is 5.75 Å². The average molecular weight is 271 g/mol. The minimum Gasteiger partial charge on any atom is -0.477 e. The molecule has 0 amide bonds. The first-order valence-electron chi connectivity index (χ1n) is 3.84. The maximum absolute atomic E-state index is 13.1. The van der Waals surface area contributed by atoms with Gasteiger partial charge in [0, 0.05) is 10.7 Å². The summed E-state index contributed by atoms with van der Waals surface area (Å²) in [7, 11) is 0.933. The molecule has 0 radical (unpaired) electrons. The minimum absolute atomic E-state index is 0.255. The number of benzene rings is 1. The van der Waals surface area contributed by atoms with E-state index >= 15 is 0 Å². The van der Waals surface area contributed by atoms with Crippen LogP contribution >= 0.6 is 10.7 Å². The van der Waals surface area contributed by atoms with E-state index in [-0.39, 0.29) is 5.56 Å². The lowest BCUT2D eigenvalue weighted by Crippen LogP contribution is -2.06. The van der Waals surface area contributed by atoms with Gasteiger partial charge in [-0.3, -0.25) is 0 Å². The number of aromatic carboxylic acids is 1. The SMILES string of the molecule is O=C(O)c1c(F)cc(CS(=O)(=O)Cl)cc1F. The molecule has 0 saturated heterocycles. The first-order chi connectivity index (χ1) is 7.20. The first-order valence-corrected chi connectivity index (χ1v) is 6.32. The van der Waals surface area contributed by atoms with Crippen LogP contribution in [0.4, 0.5) is 8.78 Å². The zero-order valence-electron chi connectivity index (χ0n) is 7.58. The Morgan fingerprint density at radius 1 is 1.31 bits per heavy atom. The van der Waals surface area contributed by atoms with E-state index < -0.39 is 38.0 Å². The van der Waals surface area contributed by atoms with E-state index in [1.54, 1.807) is 0 Å². The maximum atomic E-state index is 13.1. The second-order valence-electron chi connectivity index (χ2n) is 2.92. The van der Waals surface area contributed by atoms with E-state index in [9.17, 15) is 22.0 Å². The molecule has 0 heterocycles. The molecule has 0 fully saturated rings. The Balaban J connectivity index is 3.25. The molecule has 0 aliphatic heterocycles. The molecular formula is C8H5ClF2O4S. The standard InChI is InChI=1S/C8H5ClF2O4S/c9-16(14,15)3-4-1-5(10)7(8(12)13)6(11)2-4/h1-2H,3H2,(H,12,13). The Morgan fingerprint density at radius 3 is 2.06 bits per heavy atom. The molecule has 0 bridgehead atoms. The molecule has 0 aliphatic rings. The largest absolute Gasteiger partial charge is 0.477 e. The first kappa shape index (κ1) is 12.9. The summed E-state index contributed by atoms with van der Waals surface area (Å²) in [6.07, 6.45) is 0. The summed E-state index contributed by atoms with van der Waals surface area (Å²) < 4.78 is 47.4. The molecule has 0 aliphatic carbocycles. The van der Waals surface area contributed by atoms with E-state index in [1.165, 1.54) is 0 Å². The summed E-state index contributed by atoms with van der Waals surface area (Å²) in [5.41, 5.74) is -1.38. The van der Waals surface area contributed by atoms with Crippen LogP contribution in [0.3, 0.4) is 0 Å². The van der Waals surface area contributed by atoms with Crippen molar-refractivity contribution < 1.29 is 27.1 Å². The Bertz CT molecular complexity index is 518. The van der Waals surface area contributed by atoms with Crippen molar-refractivity contribution in [3.05, 3.63) is 34.9 Å². The third-order valence-corrected chi connectivity index (χ3v) is 2.66. The molecule has 0 spiro atoms. The summed E-state index contributed by atoms with van der Waals surface area (Å²) in [6, 6.07) is 1.24. The van der Waals surface area contributed by atoms with Gasteiger partial charge in [0.15, 0.2) is 0 Å². The van der Waals surface area contributed by atoms with Crippen LogP contribution in [0, 0.1) is 11.6 Å². The van der Waals surface area contributed by atoms with Crippen molar-refractivity contribution >= 4 is 25.7 Å². The van der Waals surface area contributed by atoms with Crippen molar-refractivity contribution in [3.8, 4) is 0 Å². The molecule has 8 heteroatoms. The topological polar surface area (TPSA) is 71.4 Å². The number of rotatable bonds is 3. The highest BCUT2D eigenvalue weighted by molar-refractivity contribution is 8.13. The fourth-order valence-electron chi connectivity index (χ4n) is 1.11. The minimum atomic E-state index is -3.95. The summed E-state index contributed by atoms with van der Waals surface area (Å²) in [6.45, 7) is 0. The zero-order valence-corrected chi connectivity index (χ0v) is 9.15. The highest BCUT2D eigenvalue weighted by Gasteiger charge is 2.19. The normalized spacial score (nSPS) is 11.4. The number of carboxylic acid groups (broad SMARTS) is 1. The highest BCUT2D eigenvalue weighted by Crippen LogP contribution is 2.18. The van der Waals surface area contributed by atoms with Crippen LogP contribution in [0.2, 0.25) is 0 Å². The summed E-state index contributed by atoms with van der Waals surface area (Å²) in [4.78, 5) is 10.4. The van der Waals surface area contributed by atoms with E-state index in [0.29, 0.717) is 12.1 Å². The van der Waals surface area contributed by atoms with Crippen LogP contribution in [-0.2, 0) is 14.8 Å². The molecule has 1 aromatic rings. The Morgan fingerprint density at radius 2 is 1.75 bits per heavy atom. The Labute approximate surface area is 93.9 Å². The van der Waals surface area contributed by atoms with Crippen LogP contribution in [0.5, 0.6) is 0 Å². The van der Waals surface area contributed by atoms with E-state index in [0.717, 1.165) is 0 Å². The van der Waals surface area contributed by atoms with Gasteiger partial charge in [-0.15, -0.1) is 0 Å². The van der Waals surface area contributed by atoms with E-state index in [1.807, 2.05) is 0 Å². The van der Waals surface area contributed by atoms with Gasteiger partial charge in [-0.2, -0.15) is 0 Å². The summed E-state index contributed by atoms with van der Waals surface area (Å²) in [5.74, 6) is -5.23. The predicted molar refractivity (Wildman–Crippen MR) is 51.8 cm³/mol. The van der Waals surface area contributed by atoms with E-state index in [2.05, 4.69) is 0 Å². The van der Waals surface area contributed by atoms with Gasteiger partial charge in [-0.1, -0.05) is 0 Å². The molecule has 1 aromatic carbocycles. The molecule has 0 aromatic heterocycles. The lowest BCUT2D eigenvalue weighted by molar-refractivity contribution is 0.0686. The van der Waals surface area contributed by atoms with Crippen LogP contribution in [-0.4, -0.2) is 19.5 Å². The van der Waals surface area contributed by atoms with Gasteiger partial charge in [0.1, 0.15) is 17.2 Å². The second kappa shape index (κ2) is 4.34. The Kier molecular flexibility index (Phi) is 3.49. The quantitative estimate of drug-likeness (QED) is 0.849. The lowest BCUT2D eigenvalue weighted by atomic mass is 10.1. The molecule has 1 N–H and O–H groups in total. The van der Waals surface area contributed by atoms with Crippen LogP contribution in [0.15, 0.2) is 12.1 Å². The summed E-state index contributed by atoms with van der Waals surface area (Å²) >= 11 is 0. The van der Waals surface area contributed by atoms with E-state index in [4.69, 9.17) is 15.8 Å². The highest BCUT2D eigenvalue weighted by atomic mass is 35.7. The molecule has 0 saturated carbocycles. The third-order valence-electron chi connectivity index (χ3n) is 1.65. The number of hydrogen-bond donors (Lipinski definition) is 1. The molecule has 1 rings (SSSR count). The zero-order chi connectivity index (χ0) is 12.5. The van der Waals surface area contributed by atoms with Crippen LogP contribution in [0.25, 0.3) is 0 Å². The Hall–Kier alpha value is -1.21. The molecule has 4 nitrogen and oxygen atoms in total. The molecular weight excluding hydrogens is 266 g/mol. The average Bonchev–Trinajstić information content (AvgIpc) is 1.96. The number of hydrogen-bond acceptors (Lipinski definition) is 3. The molecule has 16 heavy (non-hydrogen) atoms. The van der Waals surface area contributed by atoms with Gasteiger partial charge in [0.2, 0.25) is 9.05 Å². The van der Waals surface area contributed by atoms with Gasteiger partial charge in [0.05, 0.1) is 5.75 Å². The lowest BCUT2D eigenvalue weighted by Gasteiger charge is -2.03. The fraction of sp³-hybridized carbons (Fsp3) is 0.125. The molecule has 0 atom stereocenters. The van der Waals surface area contributed by atoms with Crippen molar-refractivity contribution in [2.24, 2.45) is 0 Å². The number of halogens is 3. The maximum Gasteiger partial charge on any atom is 0.341 e. The predicted octanol–water partition coefficient (Wildman–Crippen LogP) is 1.73. The fourth-order valence-corrected chi connectivity index (χ4v) is 2.06. The summed E-state index contributed by atoms with van der Waals surface area (Å²) in [5, 5.41) is 8.45. The number of carbonyl (C=O) groups is 1. The number of carboxylic acids is 1. The van der Waals surface area contributed by atoms with Crippen molar-refractivity contribution in [3.63, 3.8) is 0 Å². The van der Waals surface area contributed by atoms with Gasteiger partial charge >= 0.3 is 5.97 Å². The van der Waals surface area contributed by atoms with Crippen LogP contribution < -0.4 is 0 Å². The van der Waals surface area contributed by atoms with Crippen LogP contribution in [0.1, 0.15) is 15.9 Å². The van der Waals surface area contributed by atoms with Crippen molar-refractivity contribution in [1.29, 1.82) is 0 Å². The van der Waals surface area contributed by atoms with Crippen molar-refractivity contribution in [2.75, 3.05) is 0 Å². The van der Waals surface area contributed by atoms with Gasteiger partial charge in [0.25, 0.3) is 0 Å².